The van der Waals surface area contributed by atoms with Crippen LogP contribution in [0.15, 0.2) is 72.8 Å². The number of fused-ring (bicyclic) bond motifs is 2. The van der Waals surface area contributed by atoms with E-state index in [-0.39, 0.29) is 12.1 Å². The van der Waals surface area contributed by atoms with Crippen LogP contribution in [0.3, 0.4) is 0 Å². The largest absolute Gasteiger partial charge is 0.490 e. The molecule has 5 heteroatoms. The maximum Gasteiger partial charge on any atom is 0.305 e. The van der Waals surface area contributed by atoms with E-state index in [1.165, 1.54) is 27.9 Å². The Balaban J connectivity index is 1.21. The van der Waals surface area contributed by atoms with Crippen molar-refractivity contribution in [1.29, 1.82) is 0 Å². The predicted octanol–water partition coefficient (Wildman–Crippen LogP) is 4.90. The van der Waals surface area contributed by atoms with Gasteiger partial charge in [0.25, 0.3) is 0 Å². The van der Waals surface area contributed by atoms with Crippen LogP contribution in [0.4, 0.5) is 5.69 Å². The van der Waals surface area contributed by atoms with Crippen LogP contribution >= 0.6 is 0 Å². The summed E-state index contributed by atoms with van der Waals surface area (Å²) in [5.74, 6) is 0.620. The van der Waals surface area contributed by atoms with E-state index >= 15 is 0 Å². The predicted molar refractivity (Wildman–Crippen MR) is 144 cm³/mol. The molecule has 1 fully saturated rings. The number of ether oxygens (including phenoxy) is 2. The summed E-state index contributed by atoms with van der Waals surface area (Å²) >= 11 is 0. The number of rotatable bonds is 8. The Morgan fingerprint density at radius 1 is 0.833 bits per heavy atom. The minimum atomic E-state index is -0.282. The molecule has 5 rings (SSSR count). The van der Waals surface area contributed by atoms with Crippen molar-refractivity contribution >= 4 is 11.7 Å². The lowest BCUT2D eigenvalue weighted by atomic mass is 9.98. The highest BCUT2D eigenvalue weighted by Crippen LogP contribution is 2.32. The number of esters is 1. The fourth-order valence-electron chi connectivity index (χ4n) is 5.37. The Morgan fingerprint density at radius 2 is 1.56 bits per heavy atom. The van der Waals surface area contributed by atoms with Gasteiger partial charge in [0.1, 0.15) is 18.5 Å². The fourth-order valence-corrected chi connectivity index (χ4v) is 5.37. The summed E-state index contributed by atoms with van der Waals surface area (Å²) in [4.78, 5) is 17.0. The normalized spacial score (nSPS) is 16.4. The third kappa shape index (κ3) is 5.90. The van der Waals surface area contributed by atoms with Gasteiger partial charge in [-0.2, -0.15) is 0 Å². The van der Waals surface area contributed by atoms with Crippen molar-refractivity contribution in [1.82, 2.24) is 4.90 Å². The molecule has 3 aromatic carbocycles. The second-order valence-electron chi connectivity index (χ2n) is 9.74. The Hall–Kier alpha value is -3.31. The van der Waals surface area contributed by atoms with Gasteiger partial charge < -0.3 is 14.4 Å². The van der Waals surface area contributed by atoms with Crippen LogP contribution in [0.1, 0.15) is 35.6 Å². The van der Waals surface area contributed by atoms with Crippen LogP contribution in [0, 0.1) is 0 Å². The van der Waals surface area contributed by atoms with Crippen LogP contribution in [0.25, 0.3) is 0 Å². The van der Waals surface area contributed by atoms with E-state index in [0.717, 1.165) is 51.2 Å². The molecule has 1 atom stereocenters. The lowest BCUT2D eigenvalue weighted by molar-refractivity contribution is -0.151. The first-order valence-corrected chi connectivity index (χ1v) is 13.2. The first-order valence-electron chi connectivity index (χ1n) is 13.2. The first kappa shape index (κ1) is 24.4. The number of aryl methyl sites for hydroxylation is 1. The van der Waals surface area contributed by atoms with Gasteiger partial charge in [0.05, 0.1) is 0 Å². The molecule has 0 radical (unpaired) electrons. The molecule has 3 aromatic rings. The molecule has 1 unspecified atom stereocenters. The third-order valence-corrected chi connectivity index (χ3v) is 7.33. The van der Waals surface area contributed by atoms with Gasteiger partial charge in [0, 0.05) is 44.8 Å². The van der Waals surface area contributed by atoms with Crippen molar-refractivity contribution in [2.75, 3.05) is 44.2 Å². The maximum absolute atomic E-state index is 12.1. The summed E-state index contributed by atoms with van der Waals surface area (Å²) in [6.07, 6.45) is 3.31. The summed E-state index contributed by atoms with van der Waals surface area (Å²) in [6.45, 7) is 6.70. The number of nitrogens with zero attached hydrogens (tertiary/aromatic N) is 2. The molecule has 5 nitrogen and oxygen atoms in total. The molecule has 0 bridgehead atoms. The van der Waals surface area contributed by atoms with Gasteiger partial charge in [-0.15, -0.1) is 0 Å². The molecule has 1 aliphatic carbocycles. The monoisotopic (exact) mass is 484 g/mol. The molecule has 1 saturated heterocycles. The molecule has 1 aliphatic heterocycles. The van der Waals surface area contributed by atoms with Crippen molar-refractivity contribution < 1.29 is 14.3 Å². The summed E-state index contributed by atoms with van der Waals surface area (Å²) in [5.41, 5.74) is 7.30. The number of hydrogen-bond donors (Lipinski definition) is 0. The molecule has 2 aliphatic rings. The number of benzene rings is 3. The lowest BCUT2D eigenvalue weighted by Gasteiger charge is -2.38. The average Bonchev–Trinajstić information content (AvgIpc) is 3.12. The van der Waals surface area contributed by atoms with E-state index in [2.05, 4.69) is 52.3 Å². The smallest absolute Gasteiger partial charge is 0.305 e. The van der Waals surface area contributed by atoms with Crippen molar-refractivity contribution in [3.05, 3.63) is 95.1 Å². The standard InChI is InChI=1S/C31H36N2O3/c1-2-31(34)36-28(23-35-27-12-4-3-5-13-27)22-32-17-19-33(20-18-32)30-14-8-11-26-21-25-10-7-6-9-24(25)15-16-29(26)30/h3-14,28H,2,15-23H2,1H3. The van der Waals surface area contributed by atoms with Crippen molar-refractivity contribution in [3.8, 4) is 5.75 Å². The summed E-state index contributed by atoms with van der Waals surface area (Å²) in [5, 5.41) is 0. The SMILES string of the molecule is CCC(=O)OC(COc1ccccc1)CN1CCN(c2cccc3c2CCc2ccccc2C3)CC1. The fraction of sp³-hybridized carbons (Fsp3) is 0.387. The van der Waals surface area contributed by atoms with Gasteiger partial charge in [0.2, 0.25) is 0 Å². The molecular weight excluding hydrogens is 448 g/mol. The number of piperazine rings is 1. The molecule has 0 aromatic heterocycles. The minimum Gasteiger partial charge on any atom is -0.490 e. The van der Waals surface area contributed by atoms with E-state index in [1.54, 1.807) is 0 Å². The van der Waals surface area contributed by atoms with E-state index in [4.69, 9.17) is 9.47 Å². The molecular formula is C31H36N2O3. The summed E-state index contributed by atoms with van der Waals surface area (Å²) in [6, 6.07) is 25.4. The van der Waals surface area contributed by atoms with Gasteiger partial charge in [-0.25, -0.2) is 0 Å². The van der Waals surface area contributed by atoms with Crippen molar-refractivity contribution in [2.24, 2.45) is 0 Å². The maximum atomic E-state index is 12.1. The molecule has 1 heterocycles. The van der Waals surface area contributed by atoms with Crippen LogP contribution in [0.5, 0.6) is 5.75 Å². The van der Waals surface area contributed by atoms with E-state index in [0.29, 0.717) is 19.6 Å². The molecule has 0 N–H and O–H groups in total. The third-order valence-electron chi connectivity index (χ3n) is 7.33. The Kier molecular flexibility index (Phi) is 7.87. The molecule has 188 valence electrons. The van der Waals surface area contributed by atoms with Crippen molar-refractivity contribution in [3.63, 3.8) is 0 Å². The molecule has 0 spiro atoms. The number of anilines is 1. The van der Waals surface area contributed by atoms with Gasteiger partial charge in [-0.1, -0.05) is 61.5 Å². The van der Waals surface area contributed by atoms with E-state index in [9.17, 15) is 4.79 Å². The molecule has 0 amide bonds. The van der Waals surface area contributed by atoms with Crippen molar-refractivity contribution in [2.45, 2.75) is 38.7 Å². The average molecular weight is 485 g/mol. The van der Waals surface area contributed by atoms with Gasteiger partial charge >= 0.3 is 5.97 Å². The Morgan fingerprint density at radius 3 is 2.33 bits per heavy atom. The zero-order valence-electron chi connectivity index (χ0n) is 21.2. The number of carbonyl (C=O) groups excluding carboxylic acids is 1. The minimum absolute atomic E-state index is 0.178. The Bertz CT molecular complexity index is 1160. The number of carbonyl (C=O) groups is 1. The van der Waals surface area contributed by atoms with Gasteiger partial charge in [-0.05, 0) is 59.7 Å². The number of para-hydroxylation sites is 1. The zero-order chi connectivity index (χ0) is 24.7. The lowest BCUT2D eigenvalue weighted by Crippen LogP contribution is -2.50. The zero-order valence-corrected chi connectivity index (χ0v) is 21.2. The number of hydrogen-bond acceptors (Lipinski definition) is 5. The van der Waals surface area contributed by atoms with E-state index in [1.807, 2.05) is 37.3 Å². The second-order valence-corrected chi connectivity index (χ2v) is 9.74. The van der Waals surface area contributed by atoms with Gasteiger partial charge in [0.15, 0.2) is 0 Å². The molecule has 36 heavy (non-hydrogen) atoms. The highest BCUT2D eigenvalue weighted by molar-refractivity contribution is 5.69. The van der Waals surface area contributed by atoms with Crippen LogP contribution in [-0.2, 0) is 28.8 Å². The highest BCUT2D eigenvalue weighted by atomic mass is 16.6. The summed E-state index contributed by atoms with van der Waals surface area (Å²) in [7, 11) is 0. The quantitative estimate of drug-likeness (QED) is 0.426. The van der Waals surface area contributed by atoms with Crippen LogP contribution in [-0.4, -0.2) is 56.3 Å². The second kappa shape index (κ2) is 11.6. The van der Waals surface area contributed by atoms with Gasteiger partial charge in [-0.3, -0.25) is 9.69 Å². The van der Waals surface area contributed by atoms with Crippen LogP contribution in [0.2, 0.25) is 0 Å². The first-order chi connectivity index (χ1) is 17.7. The summed E-state index contributed by atoms with van der Waals surface area (Å²) < 4.78 is 11.7. The topological polar surface area (TPSA) is 42.0 Å². The van der Waals surface area contributed by atoms with E-state index < -0.39 is 0 Å². The van der Waals surface area contributed by atoms with Crippen LogP contribution < -0.4 is 9.64 Å². The Labute approximate surface area is 214 Å². The highest BCUT2D eigenvalue weighted by Gasteiger charge is 2.25. The molecule has 0 saturated carbocycles.